The molecule has 0 radical (unpaired) electrons. The molecule has 24 heavy (non-hydrogen) atoms. The summed E-state index contributed by atoms with van der Waals surface area (Å²) in [5.41, 5.74) is 0.352. The van der Waals surface area contributed by atoms with Crippen molar-refractivity contribution in [1.82, 2.24) is 14.9 Å². The van der Waals surface area contributed by atoms with Gasteiger partial charge in [-0.15, -0.1) is 0 Å². The highest BCUT2D eigenvalue weighted by Gasteiger charge is 2.47. The lowest BCUT2D eigenvalue weighted by molar-refractivity contribution is -0.147. The Kier molecular flexibility index (Phi) is 4.50. The smallest absolute Gasteiger partial charge is 0.274 e. The van der Waals surface area contributed by atoms with Crippen LogP contribution in [0.3, 0.4) is 0 Å². The third-order valence-electron chi connectivity index (χ3n) is 5.50. The number of aromatic nitrogens is 2. The van der Waals surface area contributed by atoms with E-state index in [4.69, 9.17) is 9.47 Å². The summed E-state index contributed by atoms with van der Waals surface area (Å²) in [6.45, 7) is 3.78. The highest BCUT2D eigenvalue weighted by atomic mass is 16.5. The molecular weight excluding hydrogens is 306 g/mol. The van der Waals surface area contributed by atoms with Crippen molar-refractivity contribution in [2.24, 2.45) is 11.3 Å². The van der Waals surface area contributed by atoms with Gasteiger partial charge in [-0.2, -0.15) is 0 Å². The number of fused-ring (bicyclic) bond motifs is 1. The van der Waals surface area contributed by atoms with Gasteiger partial charge in [0.1, 0.15) is 5.69 Å². The van der Waals surface area contributed by atoms with Gasteiger partial charge in [-0.1, -0.05) is 0 Å². The number of ether oxygens (including phenoxy) is 2. The highest BCUT2D eigenvalue weighted by molar-refractivity contribution is 5.92. The molecule has 130 valence electrons. The molecule has 1 amide bonds. The summed E-state index contributed by atoms with van der Waals surface area (Å²) in [4.78, 5) is 22.8. The van der Waals surface area contributed by atoms with Gasteiger partial charge < -0.3 is 14.4 Å². The molecule has 0 bridgehead atoms. The zero-order valence-electron chi connectivity index (χ0n) is 14.0. The van der Waals surface area contributed by atoms with Crippen molar-refractivity contribution in [3.63, 3.8) is 0 Å². The van der Waals surface area contributed by atoms with Gasteiger partial charge in [0, 0.05) is 44.1 Å². The van der Waals surface area contributed by atoms with Crippen LogP contribution in [0.1, 0.15) is 42.6 Å². The molecular formula is C18H25N3O3. The maximum atomic E-state index is 12.8. The molecule has 1 aliphatic carbocycles. The van der Waals surface area contributed by atoms with Gasteiger partial charge in [0.25, 0.3) is 5.91 Å². The van der Waals surface area contributed by atoms with Gasteiger partial charge in [-0.25, -0.2) is 4.98 Å². The number of rotatable bonds is 5. The summed E-state index contributed by atoms with van der Waals surface area (Å²) < 4.78 is 12.1. The summed E-state index contributed by atoms with van der Waals surface area (Å²) in [6, 6.07) is 0. The van der Waals surface area contributed by atoms with E-state index in [0.717, 1.165) is 38.4 Å². The molecule has 3 heterocycles. The summed E-state index contributed by atoms with van der Waals surface area (Å²) >= 11 is 0. The number of amides is 1. The number of hydrogen-bond acceptors (Lipinski definition) is 5. The average molecular weight is 331 g/mol. The Hall–Kier alpha value is -1.53. The van der Waals surface area contributed by atoms with Crippen LogP contribution in [0, 0.1) is 11.3 Å². The van der Waals surface area contributed by atoms with Gasteiger partial charge in [-0.05, 0) is 38.0 Å². The summed E-state index contributed by atoms with van der Waals surface area (Å²) in [7, 11) is 0. The van der Waals surface area contributed by atoms with E-state index in [9.17, 15) is 4.79 Å². The van der Waals surface area contributed by atoms with Crippen LogP contribution in [0.15, 0.2) is 18.6 Å². The molecule has 2 atom stereocenters. The van der Waals surface area contributed by atoms with Crippen LogP contribution in [0.5, 0.6) is 0 Å². The van der Waals surface area contributed by atoms with Gasteiger partial charge in [0.05, 0.1) is 18.9 Å². The number of likely N-dealkylation sites (tertiary alicyclic amines) is 1. The Morgan fingerprint density at radius 2 is 2.29 bits per heavy atom. The standard InChI is InChI=1S/C18H25N3O3/c22-17(15-10-19-6-7-20-15)21-8-4-16-18(12-21,5-1-9-24-16)13-23-11-14-2-3-14/h6-7,10,14,16H,1-5,8-9,11-13H2/t16-,18+/m1/s1. The normalized spacial score (nSPS) is 30.0. The quantitative estimate of drug-likeness (QED) is 0.825. The summed E-state index contributed by atoms with van der Waals surface area (Å²) in [5.74, 6) is 0.721. The van der Waals surface area contributed by atoms with Crippen molar-refractivity contribution in [2.45, 2.75) is 38.2 Å². The first-order valence-corrected chi connectivity index (χ1v) is 9.01. The molecule has 3 aliphatic rings. The molecule has 1 saturated carbocycles. The topological polar surface area (TPSA) is 64.6 Å². The van der Waals surface area contributed by atoms with E-state index in [-0.39, 0.29) is 17.4 Å². The lowest BCUT2D eigenvalue weighted by Crippen LogP contribution is -2.58. The van der Waals surface area contributed by atoms with Crippen molar-refractivity contribution >= 4 is 5.91 Å². The van der Waals surface area contributed by atoms with Crippen LogP contribution in [0.25, 0.3) is 0 Å². The van der Waals surface area contributed by atoms with E-state index < -0.39 is 0 Å². The minimum Gasteiger partial charge on any atom is -0.380 e. The van der Waals surface area contributed by atoms with Crippen LogP contribution < -0.4 is 0 Å². The molecule has 1 aromatic rings. The molecule has 0 spiro atoms. The highest BCUT2D eigenvalue weighted by Crippen LogP contribution is 2.41. The van der Waals surface area contributed by atoms with Gasteiger partial charge in [-0.3, -0.25) is 9.78 Å². The van der Waals surface area contributed by atoms with Crippen molar-refractivity contribution in [3.05, 3.63) is 24.3 Å². The van der Waals surface area contributed by atoms with E-state index in [1.165, 1.54) is 12.8 Å². The monoisotopic (exact) mass is 331 g/mol. The Labute approximate surface area is 142 Å². The predicted molar refractivity (Wildman–Crippen MR) is 87.5 cm³/mol. The van der Waals surface area contributed by atoms with Crippen LogP contribution in [0.4, 0.5) is 0 Å². The fraction of sp³-hybridized carbons (Fsp3) is 0.722. The minimum absolute atomic E-state index is 0.0336. The number of hydrogen-bond donors (Lipinski definition) is 0. The SMILES string of the molecule is O=C(c1cnccn1)N1CC[C@H]2OCCC[C@@]2(COCC2CC2)C1. The predicted octanol–water partition coefficient (Wildman–Crippen LogP) is 1.91. The van der Waals surface area contributed by atoms with E-state index >= 15 is 0 Å². The third kappa shape index (κ3) is 3.30. The molecule has 4 rings (SSSR count). The van der Waals surface area contributed by atoms with Crippen LogP contribution in [-0.4, -0.2) is 59.8 Å². The molecule has 2 aliphatic heterocycles. The lowest BCUT2D eigenvalue weighted by atomic mass is 9.73. The van der Waals surface area contributed by atoms with Crippen molar-refractivity contribution < 1.29 is 14.3 Å². The molecule has 6 nitrogen and oxygen atoms in total. The van der Waals surface area contributed by atoms with E-state index in [2.05, 4.69) is 9.97 Å². The molecule has 6 heteroatoms. The zero-order valence-corrected chi connectivity index (χ0v) is 14.0. The second kappa shape index (κ2) is 6.76. The Bertz CT molecular complexity index is 578. The molecule has 3 fully saturated rings. The fourth-order valence-electron chi connectivity index (χ4n) is 3.96. The van der Waals surface area contributed by atoms with Crippen molar-refractivity contribution in [2.75, 3.05) is 32.9 Å². The first-order chi connectivity index (χ1) is 11.8. The van der Waals surface area contributed by atoms with E-state index in [0.29, 0.717) is 25.4 Å². The van der Waals surface area contributed by atoms with Gasteiger partial charge in [0.15, 0.2) is 0 Å². The Morgan fingerprint density at radius 3 is 3.08 bits per heavy atom. The minimum atomic E-state index is -0.0662. The number of carbonyl (C=O) groups is 1. The zero-order chi connectivity index (χ0) is 16.4. The van der Waals surface area contributed by atoms with Crippen molar-refractivity contribution in [1.29, 1.82) is 0 Å². The van der Waals surface area contributed by atoms with Crippen molar-refractivity contribution in [3.8, 4) is 0 Å². The largest absolute Gasteiger partial charge is 0.380 e. The number of piperidine rings is 1. The number of nitrogens with zero attached hydrogens (tertiary/aromatic N) is 3. The Morgan fingerprint density at radius 1 is 1.38 bits per heavy atom. The average Bonchev–Trinajstić information content (AvgIpc) is 3.45. The molecule has 0 N–H and O–H groups in total. The summed E-state index contributed by atoms with van der Waals surface area (Å²) in [5, 5.41) is 0. The van der Waals surface area contributed by atoms with Gasteiger partial charge in [0.2, 0.25) is 0 Å². The van der Waals surface area contributed by atoms with Crippen LogP contribution in [0.2, 0.25) is 0 Å². The first-order valence-electron chi connectivity index (χ1n) is 9.01. The first kappa shape index (κ1) is 16.0. The maximum absolute atomic E-state index is 12.8. The second-order valence-electron chi connectivity index (χ2n) is 7.39. The maximum Gasteiger partial charge on any atom is 0.274 e. The number of carbonyl (C=O) groups excluding carboxylic acids is 1. The molecule has 0 unspecified atom stereocenters. The summed E-state index contributed by atoms with van der Waals surface area (Å²) in [6.07, 6.45) is 10.5. The molecule has 0 aromatic carbocycles. The fourth-order valence-corrected chi connectivity index (χ4v) is 3.96. The Balaban J connectivity index is 1.46. The van der Waals surface area contributed by atoms with Crippen LogP contribution in [-0.2, 0) is 9.47 Å². The molecule has 2 saturated heterocycles. The van der Waals surface area contributed by atoms with E-state index in [1.807, 2.05) is 4.90 Å². The van der Waals surface area contributed by atoms with Gasteiger partial charge >= 0.3 is 0 Å². The van der Waals surface area contributed by atoms with E-state index in [1.54, 1.807) is 18.6 Å². The molecule has 1 aromatic heterocycles. The third-order valence-corrected chi connectivity index (χ3v) is 5.50. The lowest BCUT2D eigenvalue weighted by Gasteiger charge is -2.50. The van der Waals surface area contributed by atoms with Crippen LogP contribution >= 0.6 is 0 Å². The second-order valence-corrected chi connectivity index (χ2v) is 7.39.